The van der Waals surface area contributed by atoms with Crippen LogP contribution in [0.25, 0.3) is 0 Å². The normalized spacial score (nSPS) is 17.1. The maximum Gasteiger partial charge on any atom is 0.287 e. The standard InChI is InChI=1S/C13H18N2O2S2/c16-15(17)12-7-8-13(14-9-12)19-18-10-11-5-3-1-2-4-6-11/h7-9,11H,1-6,10H2. The second-order valence-electron chi connectivity index (χ2n) is 4.84. The molecular formula is C13H18N2O2S2. The van der Waals surface area contributed by atoms with E-state index >= 15 is 0 Å². The van der Waals surface area contributed by atoms with E-state index < -0.39 is 4.92 Å². The summed E-state index contributed by atoms with van der Waals surface area (Å²) in [5.41, 5.74) is 0.0538. The van der Waals surface area contributed by atoms with E-state index in [0.717, 1.165) is 16.7 Å². The van der Waals surface area contributed by atoms with Crippen molar-refractivity contribution in [3.8, 4) is 0 Å². The van der Waals surface area contributed by atoms with Gasteiger partial charge in [0.2, 0.25) is 0 Å². The Labute approximate surface area is 121 Å². The number of rotatable bonds is 5. The van der Waals surface area contributed by atoms with Gasteiger partial charge in [-0.2, -0.15) is 0 Å². The Morgan fingerprint density at radius 1 is 1.26 bits per heavy atom. The summed E-state index contributed by atoms with van der Waals surface area (Å²) in [4.78, 5) is 14.2. The van der Waals surface area contributed by atoms with Gasteiger partial charge in [0.1, 0.15) is 11.2 Å². The Morgan fingerprint density at radius 3 is 2.58 bits per heavy atom. The first-order valence-corrected chi connectivity index (χ1v) is 8.97. The van der Waals surface area contributed by atoms with Gasteiger partial charge in [-0.15, -0.1) is 0 Å². The summed E-state index contributed by atoms with van der Waals surface area (Å²) in [5, 5.41) is 11.4. The molecule has 19 heavy (non-hydrogen) atoms. The number of hydrogen-bond donors (Lipinski definition) is 0. The summed E-state index contributed by atoms with van der Waals surface area (Å²) >= 11 is 0. The van der Waals surface area contributed by atoms with Crippen LogP contribution in [-0.2, 0) is 0 Å². The molecule has 1 heterocycles. The highest BCUT2D eigenvalue weighted by atomic mass is 33.1. The third-order valence-electron chi connectivity index (χ3n) is 3.35. The fraction of sp³-hybridized carbons (Fsp3) is 0.615. The third-order valence-corrected chi connectivity index (χ3v) is 5.77. The van der Waals surface area contributed by atoms with Gasteiger partial charge in [-0.3, -0.25) is 10.1 Å². The van der Waals surface area contributed by atoms with Gasteiger partial charge < -0.3 is 0 Å². The highest BCUT2D eigenvalue weighted by Gasteiger charge is 2.13. The van der Waals surface area contributed by atoms with Crippen LogP contribution in [0, 0.1) is 16.0 Å². The molecule has 0 aromatic carbocycles. The van der Waals surface area contributed by atoms with Gasteiger partial charge in [-0.05, 0) is 35.6 Å². The summed E-state index contributed by atoms with van der Waals surface area (Å²) in [6.07, 6.45) is 9.53. The summed E-state index contributed by atoms with van der Waals surface area (Å²) in [6.45, 7) is 0. The molecule has 1 fully saturated rings. The Kier molecular flexibility index (Phi) is 5.97. The zero-order chi connectivity index (χ0) is 13.5. The Balaban J connectivity index is 1.74. The van der Waals surface area contributed by atoms with Crippen molar-refractivity contribution in [3.63, 3.8) is 0 Å². The molecule has 1 saturated carbocycles. The van der Waals surface area contributed by atoms with E-state index in [0.29, 0.717) is 0 Å². The van der Waals surface area contributed by atoms with E-state index in [1.807, 2.05) is 10.8 Å². The van der Waals surface area contributed by atoms with Crippen molar-refractivity contribution in [3.05, 3.63) is 28.4 Å². The fourth-order valence-corrected chi connectivity index (χ4v) is 4.62. The minimum absolute atomic E-state index is 0.0538. The van der Waals surface area contributed by atoms with Crippen molar-refractivity contribution >= 4 is 27.3 Å². The summed E-state index contributed by atoms with van der Waals surface area (Å²) in [5.74, 6) is 1.99. The first-order valence-electron chi connectivity index (χ1n) is 6.65. The van der Waals surface area contributed by atoms with Crippen LogP contribution in [-0.4, -0.2) is 15.7 Å². The van der Waals surface area contributed by atoms with E-state index in [1.54, 1.807) is 16.9 Å². The molecule has 0 atom stereocenters. The number of aromatic nitrogens is 1. The minimum Gasteiger partial charge on any atom is -0.258 e. The molecule has 1 aliphatic rings. The minimum atomic E-state index is -0.417. The van der Waals surface area contributed by atoms with Crippen LogP contribution in [0.15, 0.2) is 23.4 Å². The molecule has 0 N–H and O–H groups in total. The molecule has 0 bridgehead atoms. The Hall–Kier alpha value is -0.750. The summed E-state index contributed by atoms with van der Waals surface area (Å²) < 4.78 is 0. The van der Waals surface area contributed by atoms with Crippen molar-refractivity contribution in [1.29, 1.82) is 0 Å². The first-order chi connectivity index (χ1) is 9.25. The largest absolute Gasteiger partial charge is 0.287 e. The average molecular weight is 298 g/mol. The first kappa shape index (κ1) is 14.7. The lowest BCUT2D eigenvalue weighted by Crippen LogP contribution is -2.00. The molecule has 1 aromatic rings. The highest BCUT2D eigenvalue weighted by Crippen LogP contribution is 2.35. The van der Waals surface area contributed by atoms with Gasteiger partial charge >= 0.3 is 0 Å². The lowest BCUT2D eigenvalue weighted by atomic mass is 10.0. The van der Waals surface area contributed by atoms with E-state index in [4.69, 9.17) is 0 Å². The molecule has 2 rings (SSSR count). The van der Waals surface area contributed by atoms with Crippen molar-refractivity contribution in [1.82, 2.24) is 4.98 Å². The molecule has 6 heteroatoms. The lowest BCUT2D eigenvalue weighted by molar-refractivity contribution is -0.385. The van der Waals surface area contributed by atoms with Gasteiger partial charge in [-0.1, -0.05) is 36.5 Å². The van der Waals surface area contributed by atoms with E-state index in [9.17, 15) is 10.1 Å². The van der Waals surface area contributed by atoms with Gasteiger partial charge in [0.25, 0.3) is 5.69 Å². The smallest absolute Gasteiger partial charge is 0.258 e. The topological polar surface area (TPSA) is 56.0 Å². The lowest BCUT2D eigenvalue weighted by Gasteiger charge is -2.12. The van der Waals surface area contributed by atoms with Crippen molar-refractivity contribution in [2.24, 2.45) is 5.92 Å². The van der Waals surface area contributed by atoms with Gasteiger partial charge in [-0.25, -0.2) is 4.98 Å². The molecular weight excluding hydrogens is 280 g/mol. The monoisotopic (exact) mass is 298 g/mol. The van der Waals surface area contributed by atoms with Crippen molar-refractivity contribution < 1.29 is 4.92 Å². The highest BCUT2D eigenvalue weighted by molar-refractivity contribution is 8.76. The number of nitrogens with zero attached hydrogens (tertiary/aromatic N) is 2. The molecule has 0 unspecified atom stereocenters. The summed E-state index contributed by atoms with van der Waals surface area (Å²) in [6, 6.07) is 3.24. The predicted molar refractivity (Wildman–Crippen MR) is 80.4 cm³/mol. The number of nitro groups is 1. The van der Waals surface area contributed by atoms with Crippen LogP contribution in [0.5, 0.6) is 0 Å². The molecule has 104 valence electrons. The maximum atomic E-state index is 10.5. The van der Waals surface area contributed by atoms with Crippen LogP contribution in [0.1, 0.15) is 38.5 Å². The second kappa shape index (κ2) is 7.75. The molecule has 0 saturated heterocycles. The SMILES string of the molecule is O=[N+]([O-])c1ccc(SSCC2CCCCCC2)nc1. The number of hydrogen-bond acceptors (Lipinski definition) is 5. The summed E-state index contributed by atoms with van der Waals surface area (Å²) in [7, 11) is 3.44. The van der Waals surface area contributed by atoms with Crippen LogP contribution in [0.4, 0.5) is 5.69 Å². The van der Waals surface area contributed by atoms with E-state index in [-0.39, 0.29) is 5.69 Å². The molecule has 0 amide bonds. The number of pyridine rings is 1. The molecule has 0 spiro atoms. The zero-order valence-corrected chi connectivity index (χ0v) is 12.4. The van der Waals surface area contributed by atoms with Crippen LogP contribution < -0.4 is 0 Å². The molecule has 4 nitrogen and oxygen atoms in total. The van der Waals surface area contributed by atoms with E-state index in [1.165, 1.54) is 50.8 Å². The predicted octanol–water partition coefficient (Wildman–Crippen LogP) is 4.70. The average Bonchev–Trinajstić information content (AvgIpc) is 2.68. The Morgan fingerprint density at radius 2 is 2.00 bits per heavy atom. The van der Waals surface area contributed by atoms with Gasteiger partial charge in [0, 0.05) is 11.8 Å². The van der Waals surface area contributed by atoms with Crippen molar-refractivity contribution in [2.45, 2.75) is 43.6 Å². The van der Waals surface area contributed by atoms with Crippen LogP contribution >= 0.6 is 21.6 Å². The Bertz CT molecular complexity index is 404. The van der Waals surface area contributed by atoms with Gasteiger partial charge in [0.05, 0.1) is 4.92 Å². The van der Waals surface area contributed by atoms with E-state index in [2.05, 4.69) is 4.98 Å². The van der Waals surface area contributed by atoms with Crippen molar-refractivity contribution in [2.75, 3.05) is 5.75 Å². The second-order valence-corrected chi connectivity index (χ2v) is 7.20. The molecule has 0 radical (unpaired) electrons. The quantitative estimate of drug-likeness (QED) is 0.341. The van der Waals surface area contributed by atoms with Crippen LogP contribution in [0.2, 0.25) is 0 Å². The zero-order valence-electron chi connectivity index (χ0n) is 10.8. The van der Waals surface area contributed by atoms with Gasteiger partial charge in [0.15, 0.2) is 0 Å². The molecule has 1 aromatic heterocycles. The fourth-order valence-electron chi connectivity index (χ4n) is 2.25. The maximum absolute atomic E-state index is 10.5. The van der Waals surface area contributed by atoms with Crippen LogP contribution in [0.3, 0.4) is 0 Å². The third kappa shape index (κ3) is 5.03. The molecule has 0 aliphatic heterocycles. The molecule has 1 aliphatic carbocycles.